The Bertz CT molecular complexity index is 1090. The van der Waals surface area contributed by atoms with Gasteiger partial charge in [0.05, 0.1) is 18.4 Å². The fourth-order valence-electron chi connectivity index (χ4n) is 3.03. The molecule has 6 nitrogen and oxygen atoms in total. The summed E-state index contributed by atoms with van der Waals surface area (Å²) >= 11 is 0. The van der Waals surface area contributed by atoms with E-state index in [0.29, 0.717) is 42.1 Å². The predicted octanol–water partition coefficient (Wildman–Crippen LogP) is 4.70. The van der Waals surface area contributed by atoms with E-state index < -0.39 is 5.97 Å². The third-order valence-electron chi connectivity index (χ3n) is 4.61. The van der Waals surface area contributed by atoms with Crippen molar-refractivity contribution < 1.29 is 19.1 Å². The summed E-state index contributed by atoms with van der Waals surface area (Å²) in [6.45, 7) is 4.17. The van der Waals surface area contributed by atoms with Gasteiger partial charge < -0.3 is 9.47 Å². The number of hydrogen-bond donors (Lipinski definition) is 1. The second-order valence-electron chi connectivity index (χ2n) is 7.18. The SMILES string of the molecule is CCOc1cc(/C=N/NC(=O)CCc2ccccc2)ccc1OC(=O)c1cccc(C)c1. The Hall–Kier alpha value is -3.93. The molecule has 0 heterocycles. The molecule has 0 saturated carbocycles. The van der Waals surface area contributed by atoms with Crippen LogP contribution >= 0.6 is 0 Å². The van der Waals surface area contributed by atoms with Crippen molar-refractivity contribution in [1.29, 1.82) is 0 Å². The van der Waals surface area contributed by atoms with Gasteiger partial charge in [0.2, 0.25) is 5.91 Å². The van der Waals surface area contributed by atoms with E-state index >= 15 is 0 Å². The maximum atomic E-state index is 12.5. The zero-order chi connectivity index (χ0) is 22.8. The van der Waals surface area contributed by atoms with Crippen LogP contribution in [0.3, 0.4) is 0 Å². The van der Waals surface area contributed by atoms with Crippen molar-refractivity contribution in [3.05, 3.63) is 95.1 Å². The zero-order valence-corrected chi connectivity index (χ0v) is 18.2. The Morgan fingerprint density at radius 2 is 1.78 bits per heavy atom. The molecule has 1 amide bonds. The van der Waals surface area contributed by atoms with Crippen molar-refractivity contribution in [3.63, 3.8) is 0 Å². The number of aryl methyl sites for hydroxylation is 2. The van der Waals surface area contributed by atoms with Gasteiger partial charge >= 0.3 is 5.97 Å². The van der Waals surface area contributed by atoms with Crippen LogP contribution in [0.15, 0.2) is 77.9 Å². The van der Waals surface area contributed by atoms with Crippen LogP contribution in [0.1, 0.15) is 40.4 Å². The number of carbonyl (C=O) groups excluding carboxylic acids is 2. The highest BCUT2D eigenvalue weighted by atomic mass is 16.6. The minimum Gasteiger partial charge on any atom is -0.490 e. The van der Waals surface area contributed by atoms with Gasteiger partial charge in [-0.1, -0.05) is 48.0 Å². The van der Waals surface area contributed by atoms with Crippen LogP contribution in [-0.4, -0.2) is 24.7 Å². The fourth-order valence-corrected chi connectivity index (χ4v) is 3.03. The lowest BCUT2D eigenvalue weighted by molar-refractivity contribution is -0.121. The molecular weight excluding hydrogens is 404 g/mol. The van der Waals surface area contributed by atoms with Gasteiger partial charge in [0.1, 0.15) is 0 Å². The number of amides is 1. The highest BCUT2D eigenvalue weighted by molar-refractivity contribution is 5.92. The van der Waals surface area contributed by atoms with Crippen molar-refractivity contribution >= 4 is 18.1 Å². The first kappa shape index (κ1) is 22.7. The number of hydrogen-bond acceptors (Lipinski definition) is 5. The Kier molecular flexibility index (Phi) is 8.15. The second-order valence-corrected chi connectivity index (χ2v) is 7.18. The van der Waals surface area contributed by atoms with Gasteiger partial charge in [0.15, 0.2) is 11.5 Å². The molecule has 0 bridgehead atoms. The van der Waals surface area contributed by atoms with Crippen LogP contribution < -0.4 is 14.9 Å². The van der Waals surface area contributed by atoms with Gasteiger partial charge in [-0.3, -0.25) is 4.79 Å². The van der Waals surface area contributed by atoms with Crippen LogP contribution in [0.2, 0.25) is 0 Å². The molecule has 0 aliphatic heterocycles. The standard InChI is InChI=1S/C26H26N2O4/c1-3-31-24-17-21(18-27-28-25(29)15-13-20-9-5-4-6-10-20)12-14-23(24)32-26(30)22-11-7-8-19(2)16-22/h4-12,14,16-18H,3,13,15H2,1-2H3,(H,28,29)/b27-18+. The van der Waals surface area contributed by atoms with Gasteiger partial charge in [-0.2, -0.15) is 5.10 Å². The summed E-state index contributed by atoms with van der Waals surface area (Å²) in [4.78, 5) is 24.5. The highest BCUT2D eigenvalue weighted by Crippen LogP contribution is 2.29. The third kappa shape index (κ3) is 6.80. The van der Waals surface area contributed by atoms with Crippen LogP contribution in [0, 0.1) is 6.92 Å². The molecule has 3 aromatic carbocycles. The maximum absolute atomic E-state index is 12.5. The number of esters is 1. The van der Waals surface area contributed by atoms with E-state index in [4.69, 9.17) is 9.47 Å². The number of nitrogens with one attached hydrogen (secondary N) is 1. The molecule has 0 spiro atoms. The number of rotatable bonds is 9. The molecule has 164 valence electrons. The molecule has 0 aliphatic carbocycles. The van der Waals surface area contributed by atoms with Crippen LogP contribution in [-0.2, 0) is 11.2 Å². The van der Waals surface area contributed by atoms with Crippen molar-refractivity contribution in [2.45, 2.75) is 26.7 Å². The summed E-state index contributed by atoms with van der Waals surface area (Å²) < 4.78 is 11.2. The minimum atomic E-state index is -0.457. The average Bonchev–Trinajstić information content (AvgIpc) is 2.80. The third-order valence-corrected chi connectivity index (χ3v) is 4.61. The summed E-state index contributed by atoms with van der Waals surface area (Å²) in [5.74, 6) is 0.121. The molecule has 0 saturated heterocycles. The van der Waals surface area contributed by atoms with E-state index in [2.05, 4.69) is 10.5 Å². The Labute approximate surface area is 187 Å². The molecule has 0 aromatic heterocycles. The van der Waals surface area contributed by atoms with Crippen molar-refractivity contribution in [2.24, 2.45) is 5.10 Å². The maximum Gasteiger partial charge on any atom is 0.343 e. The normalized spacial score (nSPS) is 10.7. The van der Waals surface area contributed by atoms with Crippen LogP contribution in [0.5, 0.6) is 11.5 Å². The monoisotopic (exact) mass is 430 g/mol. The van der Waals surface area contributed by atoms with Crippen LogP contribution in [0.4, 0.5) is 0 Å². The Balaban J connectivity index is 1.60. The zero-order valence-electron chi connectivity index (χ0n) is 18.2. The van der Waals surface area contributed by atoms with E-state index in [1.807, 2.05) is 56.3 Å². The average molecular weight is 431 g/mol. The smallest absolute Gasteiger partial charge is 0.343 e. The quantitative estimate of drug-likeness (QED) is 0.231. The lowest BCUT2D eigenvalue weighted by atomic mass is 10.1. The summed E-state index contributed by atoms with van der Waals surface area (Å²) in [6, 6.07) is 22.1. The fraction of sp³-hybridized carbons (Fsp3) is 0.192. The lowest BCUT2D eigenvalue weighted by Crippen LogP contribution is -2.17. The minimum absolute atomic E-state index is 0.168. The van der Waals surface area contributed by atoms with E-state index in [1.165, 1.54) is 6.21 Å². The number of carbonyl (C=O) groups is 2. The van der Waals surface area contributed by atoms with E-state index in [9.17, 15) is 9.59 Å². The molecular formula is C26H26N2O4. The molecule has 1 N–H and O–H groups in total. The van der Waals surface area contributed by atoms with Gasteiger partial charge in [-0.05, 0) is 61.7 Å². The highest BCUT2D eigenvalue weighted by Gasteiger charge is 2.13. The van der Waals surface area contributed by atoms with Gasteiger partial charge in [-0.15, -0.1) is 0 Å². The first-order chi connectivity index (χ1) is 15.5. The summed E-state index contributed by atoms with van der Waals surface area (Å²) in [5, 5.41) is 4.02. The first-order valence-electron chi connectivity index (χ1n) is 10.5. The van der Waals surface area contributed by atoms with Gasteiger partial charge in [0, 0.05) is 6.42 Å². The van der Waals surface area contributed by atoms with Crippen molar-refractivity contribution in [1.82, 2.24) is 5.43 Å². The molecule has 0 aliphatic rings. The summed E-state index contributed by atoms with van der Waals surface area (Å²) in [5.41, 5.74) is 5.78. The molecule has 32 heavy (non-hydrogen) atoms. The van der Waals surface area contributed by atoms with Crippen molar-refractivity contribution in [3.8, 4) is 11.5 Å². The molecule has 0 unspecified atom stereocenters. The van der Waals surface area contributed by atoms with Crippen molar-refractivity contribution in [2.75, 3.05) is 6.61 Å². The summed E-state index contributed by atoms with van der Waals surface area (Å²) in [6.07, 6.45) is 2.52. The lowest BCUT2D eigenvalue weighted by Gasteiger charge is -2.11. The number of nitrogens with zero attached hydrogens (tertiary/aromatic N) is 1. The van der Waals surface area contributed by atoms with E-state index in [1.54, 1.807) is 30.3 Å². The van der Waals surface area contributed by atoms with Gasteiger partial charge in [-0.25, -0.2) is 10.2 Å². The molecule has 3 aromatic rings. The van der Waals surface area contributed by atoms with E-state index in [0.717, 1.165) is 11.1 Å². The number of ether oxygens (including phenoxy) is 2. The molecule has 0 fully saturated rings. The number of benzene rings is 3. The first-order valence-corrected chi connectivity index (χ1v) is 10.5. The molecule has 3 rings (SSSR count). The largest absolute Gasteiger partial charge is 0.490 e. The number of hydrazone groups is 1. The topological polar surface area (TPSA) is 77.0 Å². The Morgan fingerprint density at radius 3 is 2.53 bits per heavy atom. The predicted molar refractivity (Wildman–Crippen MR) is 124 cm³/mol. The van der Waals surface area contributed by atoms with Gasteiger partial charge in [0.25, 0.3) is 0 Å². The second kappa shape index (κ2) is 11.5. The van der Waals surface area contributed by atoms with E-state index in [-0.39, 0.29) is 5.91 Å². The Morgan fingerprint density at radius 1 is 0.969 bits per heavy atom. The molecule has 6 heteroatoms. The molecule has 0 atom stereocenters. The van der Waals surface area contributed by atoms with Crippen LogP contribution in [0.25, 0.3) is 0 Å². The molecule has 0 radical (unpaired) electrons. The summed E-state index contributed by atoms with van der Waals surface area (Å²) in [7, 11) is 0.